The van der Waals surface area contributed by atoms with Gasteiger partial charge in [-0.3, -0.25) is 18.6 Å². The van der Waals surface area contributed by atoms with Crippen LogP contribution < -0.4 is 11.3 Å². The number of rotatable bonds is 5. The minimum atomic E-state index is -0.426. The van der Waals surface area contributed by atoms with Crippen LogP contribution in [0.2, 0.25) is 0 Å². The molecule has 0 spiro atoms. The Morgan fingerprint density at radius 1 is 1.25 bits per heavy atom. The third-order valence-electron chi connectivity index (χ3n) is 3.42. The van der Waals surface area contributed by atoms with Gasteiger partial charge < -0.3 is 5.73 Å². The number of hydrogen-bond donors (Lipinski definition) is 1. The molecule has 10 heteroatoms. The van der Waals surface area contributed by atoms with Gasteiger partial charge >= 0.3 is 0 Å². The van der Waals surface area contributed by atoms with E-state index in [9.17, 15) is 9.59 Å². The van der Waals surface area contributed by atoms with Crippen molar-refractivity contribution in [1.29, 1.82) is 0 Å². The Labute approximate surface area is 147 Å². The summed E-state index contributed by atoms with van der Waals surface area (Å²) in [5.74, 6) is 0.146. The number of nitrogens with zero attached hydrogens (tertiary/aromatic N) is 4. The van der Waals surface area contributed by atoms with Crippen molar-refractivity contribution in [1.82, 2.24) is 19.2 Å². The molecular weight excluding hydrogens is 366 g/mol. The van der Waals surface area contributed by atoms with E-state index in [1.54, 1.807) is 15.9 Å². The second kappa shape index (κ2) is 6.04. The smallest absolute Gasteiger partial charge is 0.273 e. The van der Waals surface area contributed by atoms with Crippen molar-refractivity contribution in [2.24, 2.45) is 5.73 Å². The molecule has 4 aromatic rings. The van der Waals surface area contributed by atoms with Gasteiger partial charge in [-0.15, -0.1) is 32.9 Å². The number of carbonyl (C=O) groups excluding carboxylic acids is 1. The van der Waals surface area contributed by atoms with E-state index in [2.05, 4.69) is 10.2 Å². The van der Waals surface area contributed by atoms with Gasteiger partial charge in [-0.2, -0.15) is 0 Å². The van der Waals surface area contributed by atoms with E-state index in [1.807, 2.05) is 33.4 Å². The molecule has 7 nitrogen and oxygen atoms in total. The molecule has 0 fully saturated rings. The molecule has 2 N–H and O–H groups in total. The van der Waals surface area contributed by atoms with Crippen molar-refractivity contribution in [3.63, 3.8) is 0 Å². The van der Waals surface area contributed by atoms with Crippen molar-refractivity contribution in [2.75, 3.05) is 5.75 Å². The number of amides is 1. The fourth-order valence-corrected chi connectivity index (χ4v) is 4.63. The summed E-state index contributed by atoms with van der Waals surface area (Å²) >= 11 is 4.18. The molecule has 4 aromatic heterocycles. The van der Waals surface area contributed by atoms with Crippen LogP contribution in [0.5, 0.6) is 0 Å². The predicted molar refractivity (Wildman–Crippen MR) is 96.0 cm³/mol. The maximum absolute atomic E-state index is 12.8. The number of hydrogen-bond acceptors (Lipinski definition) is 7. The standard InChI is InChI=1S/C14H11N5O2S3/c15-10(20)7-24-14-17-16-13-18(6-8-2-1-4-22-8)12(21)11-9(19(13)14)3-5-23-11/h1-5H,6-7H2,(H2,15,20). The summed E-state index contributed by atoms with van der Waals surface area (Å²) in [6.45, 7) is 0.437. The van der Waals surface area contributed by atoms with Crippen LogP contribution in [0, 0.1) is 0 Å². The zero-order valence-electron chi connectivity index (χ0n) is 12.2. The highest BCUT2D eigenvalue weighted by Gasteiger charge is 2.18. The molecule has 0 saturated carbocycles. The molecule has 1 amide bonds. The summed E-state index contributed by atoms with van der Waals surface area (Å²) < 4.78 is 4.07. The van der Waals surface area contributed by atoms with E-state index < -0.39 is 5.91 Å². The first-order valence-electron chi connectivity index (χ1n) is 6.94. The molecule has 0 aromatic carbocycles. The fraction of sp³-hybridized carbons (Fsp3) is 0.143. The van der Waals surface area contributed by atoms with E-state index in [0.29, 0.717) is 22.2 Å². The maximum Gasteiger partial charge on any atom is 0.273 e. The van der Waals surface area contributed by atoms with E-state index >= 15 is 0 Å². The average molecular weight is 377 g/mol. The molecule has 4 heterocycles. The molecule has 0 aliphatic carbocycles. The van der Waals surface area contributed by atoms with Crippen LogP contribution in [0.1, 0.15) is 4.88 Å². The van der Waals surface area contributed by atoms with Gasteiger partial charge in [-0.05, 0) is 22.9 Å². The highest BCUT2D eigenvalue weighted by atomic mass is 32.2. The molecule has 0 radical (unpaired) electrons. The summed E-state index contributed by atoms with van der Waals surface area (Å²) in [4.78, 5) is 24.9. The van der Waals surface area contributed by atoms with Crippen LogP contribution in [0.25, 0.3) is 16.0 Å². The number of carbonyl (C=O) groups is 1. The summed E-state index contributed by atoms with van der Waals surface area (Å²) in [6.07, 6.45) is 0. The van der Waals surface area contributed by atoms with Crippen molar-refractivity contribution in [3.05, 3.63) is 44.2 Å². The lowest BCUT2D eigenvalue weighted by Gasteiger charge is -2.08. The van der Waals surface area contributed by atoms with E-state index in [-0.39, 0.29) is 11.3 Å². The molecular formula is C14H11N5O2S3. The maximum atomic E-state index is 12.8. The SMILES string of the molecule is NC(=O)CSc1nnc2n(Cc3cccs3)c(=O)c3sccc3n12. The van der Waals surface area contributed by atoms with E-state index in [4.69, 9.17) is 5.73 Å². The first-order chi connectivity index (χ1) is 11.6. The number of thiophene rings is 2. The lowest BCUT2D eigenvalue weighted by Crippen LogP contribution is -2.22. The van der Waals surface area contributed by atoms with Crippen LogP contribution in [0.3, 0.4) is 0 Å². The Hall–Kier alpha value is -2.17. The summed E-state index contributed by atoms with van der Waals surface area (Å²) in [7, 11) is 0. The van der Waals surface area contributed by atoms with Gasteiger partial charge in [0.05, 0.1) is 17.8 Å². The van der Waals surface area contributed by atoms with Crippen LogP contribution in [-0.2, 0) is 11.3 Å². The zero-order chi connectivity index (χ0) is 16.7. The van der Waals surface area contributed by atoms with Crippen LogP contribution >= 0.6 is 34.4 Å². The minimum Gasteiger partial charge on any atom is -0.369 e. The van der Waals surface area contributed by atoms with Gasteiger partial charge in [0.25, 0.3) is 5.56 Å². The largest absolute Gasteiger partial charge is 0.369 e. The predicted octanol–water partition coefficient (Wildman–Crippen LogP) is 1.79. The molecule has 0 aliphatic rings. The van der Waals surface area contributed by atoms with E-state index in [0.717, 1.165) is 10.4 Å². The van der Waals surface area contributed by atoms with Crippen molar-refractivity contribution in [2.45, 2.75) is 11.7 Å². The van der Waals surface area contributed by atoms with Crippen molar-refractivity contribution in [3.8, 4) is 0 Å². The second-order valence-corrected chi connectivity index (χ2v) is 7.87. The number of thioether (sulfide) groups is 1. The van der Waals surface area contributed by atoms with Crippen LogP contribution in [0.4, 0.5) is 0 Å². The van der Waals surface area contributed by atoms with Crippen molar-refractivity contribution >= 4 is 56.3 Å². The highest BCUT2D eigenvalue weighted by Crippen LogP contribution is 2.24. The molecule has 122 valence electrons. The fourth-order valence-electron chi connectivity index (χ4n) is 2.43. The average Bonchev–Trinajstić information content (AvgIpc) is 3.27. The number of nitrogens with two attached hydrogens (primary N) is 1. The summed E-state index contributed by atoms with van der Waals surface area (Å²) in [5.41, 5.74) is 5.89. The molecule has 0 atom stereocenters. The van der Waals surface area contributed by atoms with Gasteiger partial charge in [0.1, 0.15) is 4.70 Å². The minimum absolute atomic E-state index is 0.0836. The Kier molecular flexibility index (Phi) is 3.87. The zero-order valence-corrected chi connectivity index (χ0v) is 14.7. The van der Waals surface area contributed by atoms with Crippen LogP contribution in [-0.4, -0.2) is 30.8 Å². The van der Waals surface area contributed by atoms with E-state index in [1.165, 1.54) is 23.1 Å². The molecule has 0 unspecified atom stereocenters. The Morgan fingerprint density at radius 3 is 2.88 bits per heavy atom. The quantitative estimate of drug-likeness (QED) is 0.535. The normalized spacial score (nSPS) is 11.5. The topological polar surface area (TPSA) is 95.3 Å². The van der Waals surface area contributed by atoms with Gasteiger partial charge in [-0.1, -0.05) is 17.8 Å². The van der Waals surface area contributed by atoms with Gasteiger partial charge in [0, 0.05) is 4.88 Å². The highest BCUT2D eigenvalue weighted by molar-refractivity contribution is 7.99. The van der Waals surface area contributed by atoms with Crippen molar-refractivity contribution < 1.29 is 4.79 Å². The number of fused-ring (bicyclic) bond motifs is 3. The molecule has 24 heavy (non-hydrogen) atoms. The summed E-state index contributed by atoms with van der Waals surface area (Å²) in [5, 5.41) is 12.7. The third kappa shape index (κ3) is 2.52. The first kappa shape index (κ1) is 15.4. The summed E-state index contributed by atoms with van der Waals surface area (Å²) in [6, 6.07) is 5.79. The molecule has 0 bridgehead atoms. The lowest BCUT2D eigenvalue weighted by atomic mass is 10.4. The third-order valence-corrected chi connectivity index (χ3v) is 6.12. The number of aromatic nitrogens is 4. The number of primary amides is 1. The Balaban J connectivity index is 1.95. The van der Waals surface area contributed by atoms with Gasteiger partial charge in [0.2, 0.25) is 11.7 Å². The van der Waals surface area contributed by atoms with Gasteiger partial charge in [0.15, 0.2) is 5.16 Å². The molecule has 4 rings (SSSR count). The molecule has 0 saturated heterocycles. The first-order valence-corrected chi connectivity index (χ1v) is 9.68. The lowest BCUT2D eigenvalue weighted by molar-refractivity contribution is -0.115. The monoisotopic (exact) mass is 377 g/mol. The van der Waals surface area contributed by atoms with Crippen LogP contribution in [0.15, 0.2) is 38.9 Å². The molecule has 0 aliphatic heterocycles. The second-order valence-electron chi connectivity index (χ2n) is 4.98. The Bertz CT molecular complexity index is 1090. The van der Waals surface area contributed by atoms with Gasteiger partial charge in [-0.25, -0.2) is 0 Å². The Morgan fingerprint density at radius 2 is 2.12 bits per heavy atom.